The predicted octanol–water partition coefficient (Wildman–Crippen LogP) is 10.6. The van der Waals surface area contributed by atoms with Crippen LogP contribution >= 0.6 is 11.3 Å². The molecule has 0 saturated heterocycles. The van der Waals surface area contributed by atoms with Gasteiger partial charge in [0.25, 0.3) is 0 Å². The average molecular weight is 788 g/mol. The molecule has 0 aliphatic rings. The molecular formula is C39H41IrN3S-2. The molecule has 4 heterocycles. The summed E-state index contributed by atoms with van der Waals surface area (Å²) in [7, 11) is 0. The zero-order chi connectivity index (χ0) is 41.1. The molecule has 3 nitrogen and oxygen atoms in total. The molecule has 0 aliphatic heterocycles. The first kappa shape index (κ1) is 20.7. The summed E-state index contributed by atoms with van der Waals surface area (Å²) in [5.74, 6) is 0. The molecule has 5 heteroatoms. The largest absolute Gasteiger partial charge is 0.354 e. The smallest absolute Gasteiger partial charge is 0.0379 e. The van der Waals surface area contributed by atoms with Crippen molar-refractivity contribution in [1.29, 1.82) is 0 Å². The van der Waals surface area contributed by atoms with Crippen molar-refractivity contribution in [3.05, 3.63) is 112 Å². The number of hydrogen-bond acceptors (Lipinski definition) is 4. The second kappa shape index (κ2) is 13.4. The average Bonchev–Trinajstić information content (AvgIpc) is 3.43. The molecule has 229 valence electrons. The van der Waals surface area contributed by atoms with Crippen LogP contribution in [0.1, 0.15) is 82.0 Å². The van der Waals surface area contributed by atoms with Gasteiger partial charge in [-0.2, -0.15) is 0 Å². The number of aromatic nitrogens is 3. The van der Waals surface area contributed by atoms with Crippen LogP contribution in [0.4, 0.5) is 0 Å². The molecule has 0 unspecified atom stereocenters. The van der Waals surface area contributed by atoms with Gasteiger partial charge in [0.05, 0.1) is 0 Å². The van der Waals surface area contributed by atoms with E-state index in [9.17, 15) is 0 Å². The van der Waals surface area contributed by atoms with Crippen molar-refractivity contribution in [2.45, 2.75) is 75.4 Å². The molecule has 0 atom stereocenters. The second-order valence-electron chi connectivity index (χ2n) is 12.0. The van der Waals surface area contributed by atoms with Gasteiger partial charge in [-0.15, -0.1) is 63.9 Å². The summed E-state index contributed by atoms with van der Waals surface area (Å²) in [5.41, 5.74) is 5.20. The van der Waals surface area contributed by atoms with Crippen LogP contribution in [0.5, 0.6) is 0 Å². The first-order chi connectivity index (χ1) is 25.1. The third-order valence-corrected chi connectivity index (χ3v) is 8.37. The molecule has 6 rings (SSSR count). The minimum Gasteiger partial charge on any atom is -0.354 e. The van der Waals surface area contributed by atoms with Gasteiger partial charge in [-0.25, -0.2) is 0 Å². The van der Waals surface area contributed by atoms with Crippen LogP contribution in [-0.4, -0.2) is 15.0 Å². The summed E-state index contributed by atoms with van der Waals surface area (Å²) in [6, 6.07) is 19.1. The van der Waals surface area contributed by atoms with E-state index in [0.717, 1.165) is 41.6 Å². The molecule has 4 aromatic heterocycles. The van der Waals surface area contributed by atoms with E-state index in [1.54, 1.807) is 0 Å². The Bertz CT molecular complexity index is 2370. The summed E-state index contributed by atoms with van der Waals surface area (Å²) in [4.78, 5) is 12.3. The molecule has 44 heavy (non-hydrogen) atoms. The van der Waals surface area contributed by atoms with Crippen LogP contribution < -0.4 is 0 Å². The fourth-order valence-electron chi connectivity index (χ4n) is 5.12. The first-order valence-corrected chi connectivity index (χ1v) is 14.7. The van der Waals surface area contributed by atoms with Crippen LogP contribution in [0, 0.1) is 65.7 Å². The Morgan fingerprint density at radius 1 is 0.886 bits per heavy atom. The van der Waals surface area contributed by atoms with Gasteiger partial charge >= 0.3 is 0 Å². The van der Waals surface area contributed by atoms with Crippen molar-refractivity contribution >= 4 is 31.5 Å². The van der Waals surface area contributed by atoms with Gasteiger partial charge in [0.15, 0.2) is 0 Å². The zero-order valence-corrected chi connectivity index (χ0v) is 28.7. The van der Waals surface area contributed by atoms with Crippen LogP contribution in [0.15, 0.2) is 54.9 Å². The maximum atomic E-state index is 7.62. The van der Waals surface area contributed by atoms with Gasteiger partial charge in [-0.05, 0) is 83.1 Å². The summed E-state index contributed by atoms with van der Waals surface area (Å²) >= 11 is 1.88. The van der Waals surface area contributed by atoms with E-state index >= 15 is 0 Å². The molecule has 1 radical (unpaired) electrons. The topological polar surface area (TPSA) is 38.7 Å². The summed E-state index contributed by atoms with van der Waals surface area (Å²) in [5, 5.41) is 2.65. The Hall–Kier alpha value is -3.24. The first-order valence-electron chi connectivity index (χ1n) is 19.9. The molecule has 0 aliphatic carbocycles. The van der Waals surface area contributed by atoms with Gasteiger partial charge in [0.1, 0.15) is 0 Å². The maximum Gasteiger partial charge on any atom is 0.0379 e. The minimum absolute atomic E-state index is 0. The molecule has 6 aromatic rings. The van der Waals surface area contributed by atoms with E-state index in [1.165, 1.54) is 36.9 Å². The van der Waals surface area contributed by atoms with E-state index in [2.05, 4.69) is 94.0 Å². The van der Waals surface area contributed by atoms with E-state index in [-0.39, 0.29) is 36.8 Å². The van der Waals surface area contributed by atoms with Crippen LogP contribution in [-0.2, 0) is 26.5 Å². The Labute approximate surface area is 297 Å². The molecule has 0 fully saturated rings. The van der Waals surface area contributed by atoms with Crippen molar-refractivity contribution < 1.29 is 36.6 Å². The van der Waals surface area contributed by atoms with Gasteiger partial charge in [-0.3, -0.25) is 0 Å². The molecule has 2 aromatic carbocycles. The van der Waals surface area contributed by atoms with Crippen molar-refractivity contribution in [2.75, 3.05) is 0 Å². The summed E-state index contributed by atoms with van der Waals surface area (Å²) in [6.45, 7) is 2.38. The number of thiophene rings is 1. The maximum absolute atomic E-state index is 7.62. The van der Waals surface area contributed by atoms with E-state index in [0.29, 0.717) is 0 Å². The Kier molecular flexibility index (Phi) is 6.31. The number of pyridine rings is 3. The SMILES string of the molecule is Cc1[c-]c(-c2nccc3c2sc2c(C)c(CC(C)(C)C)ccc23)cc(C)c1.[2H]C([2H])([2H])c1c[c-]c(-c2cc(C([2H])([2H])[2H])c(C([2H])([2H])[2H])cn2)c(C([2H])([2H])[2H])n1.[Ir]. The number of hydrogen-bond donors (Lipinski definition) is 0. The molecular weight excluding hydrogens is 735 g/mol. The number of aryl methyl sites for hydroxylation is 7. The van der Waals surface area contributed by atoms with Gasteiger partial charge in [0, 0.05) is 64.0 Å². The number of rotatable bonds is 3. The molecule has 0 bridgehead atoms. The third-order valence-electron chi connectivity index (χ3n) is 7.02. The fourth-order valence-corrected chi connectivity index (χ4v) is 6.45. The van der Waals surface area contributed by atoms with E-state index < -0.39 is 49.9 Å². The standard InChI is InChI=1S/C25H26NS.C14H15N2.Ir/c1-15-11-16(2)13-19(12-15)22-24-21(9-10-26-22)20-8-7-18(14-25(4,5)6)17(3)23(20)27-24;1-9-7-14(15-8-10(9)2)13-6-5-11(3)16-12(13)4;/h7-12H,14H2,1-6H3;5,7-8H,1-4H3;/q2*-1;/i;1D3,2D3,3D3,4D3;. The second-order valence-corrected chi connectivity index (χ2v) is 13.0. The van der Waals surface area contributed by atoms with Crippen molar-refractivity contribution in [2.24, 2.45) is 5.41 Å². The summed E-state index contributed by atoms with van der Waals surface area (Å²) in [6.07, 6.45) is 3.88. The van der Waals surface area contributed by atoms with Crippen LogP contribution in [0.3, 0.4) is 0 Å². The minimum atomic E-state index is -2.84. The normalized spacial score (nSPS) is 16.5. The molecule has 0 amide bonds. The van der Waals surface area contributed by atoms with Crippen molar-refractivity contribution in [1.82, 2.24) is 15.0 Å². The van der Waals surface area contributed by atoms with Crippen molar-refractivity contribution in [3.8, 4) is 22.5 Å². The quantitative estimate of drug-likeness (QED) is 0.168. The Balaban J connectivity index is 0.000000244. The molecule has 0 saturated carbocycles. The zero-order valence-electron chi connectivity index (χ0n) is 37.5. The monoisotopic (exact) mass is 788 g/mol. The van der Waals surface area contributed by atoms with Crippen molar-refractivity contribution in [3.63, 3.8) is 0 Å². The number of nitrogens with zero attached hydrogens (tertiary/aromatic N) is 3. The van der Waals surface area contributed by atoms with Gasteiger partial charge in [-0.1, -0.05) is 72.1 Å². The molecule has 0 spiro atoms. The van der Waals surface area contributed by atoms with Crippen LogP contribution in [0.2, 0.25) is 0 Å². The number of benzene rings is 2. The van der Waals surface area contributed by atoms with E-state index in [1.807, 2.05) is 17.5 Å². The molecule has 0 N–H and O–H groups in total. The van der Waals surface area contributed by atoms with Crippen LogP contribution in [0.25, 0.3) is 42.7 Å². The van der Waals surface area contributed by atoms with Gasteiger partial charge in [0.2, 0.25) is 0 Å². The third kappa shape index (κ3) is 7.34. The fraction of sp³-hybridized carbons (Fsp3) is 0.308. The van der Waals surface area contributed by atoms with Gasteiger partial charge < -0.3 is 15.0 Å². The number of fused-ring (bicyclic) bond motifs is 3. The van der Waals surface area contributed by atoms with E-state index in [4.69, 9.17) is 21.4 Å². The Morgan fingerprint density at radius 3 is 2.39 bits per heavy atom. The summed E-state index contributed by atoms with van der Waals surface area (Å²) < 4.78 is 92.9. The Morgan fingerprint density at radius 2 is 1.68 bits per heavy atom. The predicted molar refractivity (Wildman–Crippen MR) is 184 cm³/mol.